The van der Waals surface area contributed by atoms with Crippen molar-refractivity contribution >= 4 is 0 Å². The van der Waals surface area contributed by atoms with Gasteiger partial charge in [-0.25, -0.2) is 4.39 Å². The highest BCUT2D eigenvalue weighted by atomic mass is 19.1. The Labute approximate surface area is 206 Å². The van der Waals surface area contributed by atoms with Gasteiger partial charge in [-0.1, -0.05) is 18.2 Å². The summed E-state index contributed by atoms with van der Waals surface area (Å²) in [6.07, 6.45) is 6.57. The molecule has 1 N–H and O–H groups in total. The molecule has 0 amide bonds. The number of methoxy groups -OCH3 is 1. The smallest absolute Gasteiger partial charge is 0.165 e. The highest BCUT2D eigenvalue weighted by molar-refractivity contribution is 5.43. The summed E-state index contributed by atoms with van der Waals surface area (Å²) in [5.41, 5.74) is 0.153. The van der Waals surface area contributed by atoms with Gasteiger partial charge in [0.15, 0.2) is 23.1 Å². The first-order valence-electron chi connectivity index (χ1n) is 12.1. The standard InChI is InChI=1S/C27H34FN3O4/c1-33-25-10-9-22(19-26(25)34-18-6-16-31-15-5-13-29-31)20-30-14-4-11-27(32,12-17-30)21-35-24-8-3-2-7-23(24)28/h2-3,5,7-10,13,15,19,32H,4,6,11-12,14,16-18,20-21H2,1H3/t27-/m0/s1. The lowest BCUT2D eigenvalue weighted by atomic mass is 9.96. The van der Waals surface area contributed by atoms with Crippen LogP contribution in [0.1, 0.15) is 31.2 Å². The number of para-hydroxylation sites is 1. The number of aromatic nitrogens is 2. The fraction of sp³-hybridized carbons (Fsp3) is 0.444. The topological polar surface area (TPSA) is 69.0 Å². The number of hydrogen-bond acceptors (Lipinski definition) is 6. The van der Waals surface area contributed by atoms with Crippen LogP contribution < -0.4 is 14.2 Å². The van der Waals surface area contributed by atoms with E-state index in [2.05, 4.69) is 10.00 Å². The third-order valence-corrected chi connectivity index (χ3v) is 6.33. The molecule has 1 aliphatic heterocycles. The quantitative estimate of drug-likeness (QED) is 0.410. The second-order valence-electron chi connectivity index (χ2n) is 9.03. The Morgan fingerprint density at radius 2 is 1.91 bits per heavy atom. The van der Waals surface area contributed by atoms with Crippen molar-refractivity contribution in [2.24, 2.45) is 0 Å². The van der Waals surface area contributed by atoms with E-state index in [-0.39, 0.29) is 12.4 Å². The summed E-state index contributed by atoms with van der Waals surface area (Å²) in [6, 6.07) is 14.2. The zero-order valence-corrected chi connectivity index (χ0v) is 20.2. The van der Waals surface area contributed by atoms with Crippen LogP contribution in [0.5, 0.6) is 17.2 Å². The van der Waals surface area contributed by atoms with Gasteiger partial charge in [-0.05, 0) is 61.7 Å². The fourth-order valence-corrected chi connectivity index (χ4v) is 4.34. The Bertz CT molecular complexity index is 1060. The lowest BCUT2D eigenvalue weighted by molar-refractivity contribution is -0.0177. The minimum absolute atomic E-state index is 0.0842. The van der Waals surface area contributed by atoms with Gasteiger partial charge in [0.2, 0.25) is 0 Å². The summed E-state index contributed by atoms with van der Waals surface area (Å²) in [5, 5.41) is 15.3. The van der Waals surface area contributed by atoms with Crippen molar-refractivity contribution < 1.29 is 23.7 Å². The van der Waals surface area contributed by atoms with Gasteiger partial charge in [-0.3, -0.25) is 9.58 Å². The van der Waals surface area contributed by atoms with Crippen molar-refractivity contribution in [1.82, 2.24) is 14.7 Å². The van der Waals surface area contributed by atoms with Crippen LogP contribution in [0.3, 0.4) is 0 Å². The third-order valence-electron chi connectivity index (χ3n) is 6.33. The predicted molar refractivity (Wildman–Crippen MR) is 131 cm³/mol. The predicted octanol–water partition coefficient (Wildman–Crippen LogP) is 4.30. The van der Waals surface area contributed by atoms with Crippen molar-refractivity contribution in [1.29, 1.82) is 0 Å². The molecule has 0 saturated carbocycles. The zero-order chi connectivity index (χ0) is 24.5. The van der Waals surface area contributed by atoms with Crippen LogP contribution in [0, 0.1) is 5.82 Å². The summed E-state index contributed by atoms with van der Waals surface area (Å²) in [6.45, 7) is 3.79. The molecule has 1 aromatic heterocycles. The summed E-state index contributed by atoms with van der Waals surface area (Å²) >= 11 is 0. The monoisotopic (exact) mass is 483 g/mol. The van der Waals surface area contributed by atoms with E-state index in [4.69, 9.17) is 14.2 Å². The van der Waals surface area contributed by atoms with Gasteiger partial charge >= 0.3 is 0 Å². The van der Waals surface area contributed by atoms with E-state index in [1.807, 2.05) is 35.1 Å². The first-order valence-corrected chi connectivity index (χ1v) is 12.1. The maximum absolute atomic E-state index is 13.9. The van der Waals surface area contributed by atoms with E-state index >= 15 is 0 Å². The van der Waals surface area contributed by atoms with Crippen LogP contribution in [0.15, 0.2) is 60.9 Å². The minimum Gasteiger partial charge on any atom is -0.493 e. The van der Waals surface area contributed by atoms with Crippen LogP contribution in [0.2, 0.25) is 0 Å². The lowest BCUT2D eigenvalue weighted by Crippen LogP contribution is -2.37. The van der Waals surface area contributed by atoms with Gasteiger partial charge < -0.3 is 19.3 Å². The molecule has 35 heavy (non-hydrogen) atoms. The molecule has 0 radical (unpaired) electrons. The number of aliphatic hydroxyl groups is 1. The fourth-order valence-electron chi connectivity index (χ4n) is 4.34. The summed E-state index contributed by atoms with van der Waals surface area (Å²) < 4.78 is 32.9. The average molecular weight is 484 g/mol. The van der Waals surface area contributed by atoms with Gasteiger partial charge in [0.1, 0.15) is 6.61 Å². The van der Waals surface area contributed by atoms with Gasteiger partial charge in [-0.2, -0.15) is 5.10 Å². The molecule has 1 atom stereocenters. The van der Waals surface area contributed by atoms with E-state index in [0.29, 0.717) is 25.2 Å². The third kappa shape index (κ3) is 7.19. The number of hydrogen-bond donors (Lipinski definition) is 1. The second kappa shape index (κ2) is 12.0. The highest BCUT2D eigenvalue weighted by Crippen LogP contribution is 2.30. The largest absolute Gasteiger partial charge is 0.493 e. The van der Waals surface area contributed by atoms with Crippen molar-refractivity contribution in [2.75, 3.05) is 33.4 Å². The Kier molecular flexibility index (Phi) is 8.60. The molecular formula is C27H34FN3O4. The maximum Gasteiger partial charge on any atom is 0.165 e. The SMILES string of the molecule is COc1ccc(CN2CCC[C@@](O)(COc3ccccc3F)CC2)cc1OCCCn1cccn1. The molecule has 1 aliphatic rings. The van der Waals surface area contributed by atoms with Crippen LogP contribution >= 0.6 is 0 Å². The number of halogens is 1. The lowest BCUT2D eigenvalue weighted by Gasteiger charge is -2.27. The molecule has 0 unspecified atom stereocenters. The minimum atomic E-state index is -0.972. The first-order chi connectivity index (χ1) is 17.0. The van der Waals surface area contributed by atoms with E-state index in [0.717, 1.165) is 50.3 Å². The number of likely N-dealkylation sites (tertiary alicyclic amines) is 1. The van der Waals surface area contributed by atoms with Gasteiger partial charge in [0, 0.05) is 38.4 Å². The maximum atomic E-state index is 13.9. The number of nitrogens with zero attached hydrogens (tertiary/aromatic N) is 3. The average Bonchev–Trinajstić information content (AvgIpc) is 3.32. The normalized spacial score (nSPS) is 18.7. The van der Waals surface area contributed by atoms with Crippen LogP contribution in [-0.4, -0.2) is 58.8 Å². The zero-order valence-electron chi connectivity index (χ0n) is 20.2. The molecule has 1 saturated heterocycles. The van der Waals surface area contributed by atoms with Crippen LogP contribution in [-0.2, 0) is 13.1 Å². The van der Waals surface area contributed by atoms with Crippen molar-refractivity contribution in [2.45, 2.75) is 44.4 Å². The van der Waals surface area contributed by atoms with Crippen LogP contribution in [0.4, 0.5) is 4.39 Å². The Morgan fingerprint density at radius 3 is 2.71 bits per heavy atom. The van der Waals surface area contributed by atoms with Crippen LogP contribution in [0.25, 0.3) is 0 Å². The van der Waals surface area contributed by atoms with Crippen molar-refractivity contribution in [3.05, 3.63) is 72.3 Å². The Morgan fingerprint density at radius 1 is 1.03 bits per heavy atom. The summed E-state index contributed by atoms with van der Waals surface area (Å²) in [5.74, 6) is 1.21. The first kappa shape index (κ1) is 25.0. The van der Waals surface area contributed by atoms with E-state index in [9.17, 15) is 9.50 Å². The molecule has 8 heteroatoms. The molecule has 3 aromatic rings. The molecule has 7 nitrogen and oxygen atoms in total. The Balaban J connectivity index is 1.29. The molecule has 0 spiro atoms. The molecule has 0 bridgehead atoms. The van der Waals surface area contributed by atoms with Crippen molar-refractivity contribution in [3.8, 4) is 17.2 Å². The summed E-state index contributed by atoms with van der Waals surface area (Å²) in [4.78, 5) is 2.32. The van der Waals surface area contributed by atoms with E-state index in [1.165, 1.54) is 6.07 Å². The number of rotatable bonds is 11. The number of ether oxygens (including phenoxy) is 3. The molecule has 2 heterocycles. The molecule has 188 valence electrons. The van der Waals surface area contributed by atoms with E-state index in [1.54, 1.807) is 31.5 Å². The second-order valence-corrected chi connectivity index (χ2v) is 9.03. The Hall–Kier alpha value is -3.10. The molecule has 1 fully saturated rings. The van der Waals surface area contributed by atoms with Crippen molar-refractivity contribution in [3.63, 3.8) is 0 Å². The number of benzene rings is 2. The van der Waals surface area contributed by atoms with Gasteiger partial charge in [-0.15, -0.1) is 0 Å². The molecule has 0 aliphatic carbocycles. The molecule has 2 aromatic carbocycles. The molecular weight excluding hydrogens is 449 g/mol. The highest BCUT2D eigenvalue weighted by Gasteiger charge is 2.31. The number of aryl methyl sites for hydroxylation is 1. The van der Waals surface area contributed by atoms with Gasteiger partial charge in [0.25, 0.3) is 0 Å². The molecule has 4 rings (SSSR count). The van der Waals surface area contributed by atoms with E-state index < -0.39 is 11.4 Å². The summed E-state index contributed by atoms with van der Waals surface area (Å²) in [7, 11) is 1.64. The van der Waals surface area contributed by atoms with Gasteiger partial charge in [0.05, 0.1) is 19.3 Å².